The van der Waals surface area contributed by atoms with Crippen LogP contribution in [0.1, 0.15) is 5.56 Å². The van der Waals surface area contributed by atoms with Gasteiger partial charge in [0.1, 0.15) is 11.4 Å². The molecule has 0 bridgehead atoms. The third kappa shape index (κ3) is 1.11. The molecule has 0 aliphatic rings. The van der Waals surface area contributed by atoms with Crippen LogP contribution in [0.5, 0.6) is 5.75 Å². The van der Waals surface area contributed by atoms with Gasteiger partial charge in [0, 0.05) is 10.8 Å². The van der Waals surface area contributed by atoms with E-state index >= 15 is 0 Å². The summed E-state index contributed by atoms with van der Waals surface area (Å²) in [6, 6.07) is 7.71. The van der Waals surface area contributed by atoms with E-state index in [2.05, 4.69) is 0 Å². The molecule has 1 aromatic heterocycles. The van der Waals surface area contributed by atoms with E-state index in [1.807, 2.05) is 6.92 Å². The highest BCUT2D eigenvalue weighted by molar-refractivity contribution is 6.08. The maximum atomic E-state index is 13.2. The standard InChI is InChI=1S/C13H9FO2/c1-7-2-4-10(15)13-12(7)9-6-8(14)3-5-11(9)16-13/h2-6,15H,1H3. The van der Waals surface area contributed by atoms with Crippen molar-refractivity contribution in [2.24, 2.45) is 0 Å². The summed E-state index contributed by atoms with van der Waals surface area (Å²) in [6.07, 6.45) is 0. The van der Waals surface area contributed by atoms with Crippen molar-refractivity contribution >= 4 is 21.9 Å². The zero-order valence-corrected chi connectivity index (χ0v) is 8.62. The van der Waals surface area contributed by atoms with Crippen LogP contribution in [0.3, 0.4) is 0 Å². The number of phenolic OH excluding ortho intramolecular Hbond substituents is 1. The molecule has 1 heterocycles. The molecule has 0 saturated carbocycles. The fraction of sp³-hybridized carbons (Fsp3) is 0.0769. The molecule has 0 atom stereocenters. The minimum atomic E-state index is -0.307. The zero-order valence-electron chi connectivity index (χ0n) is 8.62. The molecule has 2 nitrogen and oxygen atoms in total. The van der Waals surface area contributed by atoms with Gasteiger partial charge < -0.3 is 9.52 Å². The number of phenols is 1. The lowest BCUT2D eigenvalue weighted by Crippen LogP contribution is -1.76. The highest BCUT2D eigenvalue weighted by atomic mass is 19.1. The number of furan rings is 1. The van der Waals surface area contributed by atoms with Crippen molar-refractivity contribution < 1.29 is 13.9 Å². The van der Waals surface area contributed by atoms with Crippen LogP contribution < -0.4 is 0 Å². The number of hydrogen-bond donors (Lipinski definition) is 1. The van der Waals surface area contributed by atoms with Crippen molar-refractivity contribution in [3.05, 3.63) is 41.7 Å². The van der Waals surface area contributed by atoms with Gasteiger partial charge in [-0.05, 0) is 36.8 Å². The Morgan fingerprint density at radius 1 is 1.19 bits per heavy atom. The van der Waals surface area contributed by atoms with Gasteiger partial charge in [-0.2, -0.15) is 0 Å². The van der Waals surface area contributed by atoms with Crippen molar-refractivity contribution in [3.8, 4) is 5.75 Å². The molecule has 0 saturated heterocycles. The molecule has 0 spiro atoms. The molecule has 80 valence electrons. The van der Waals surface area contributed by atoms with Crippen LogP contribution in [-0.2, 0) is 0 Å². The molecular weight excluding hydrogens is 207 g/mol. The molecule has 0 radical (unpaired) electrons. The van der Waals surface area contributed by atoms with Gasteiger partial charge in [-0.1, -0.05) is 6.07 Å². The molecule has 16 heavy (non-hydrogen) atoms. The van der Waals surface area contributed by atoms with E-state index in [0.29, 0.717) is 16.6 Å². The molecule has 0 aliphatic carbocycles. The predicted octanol–water partition coefficient (Wildman–Crippen LogP) is 3.74. The van der Waals surface area contributed by atoms with Gasteiger partial charge in [0.2, 0.25) is 0 Å². The fourth-order valence-corrected chi connectivity index (χ4v) is 2.00. The summed E-state index contributed by atoms with van der Waals surface area (Å²) >= 11 is 0. The Labute approximate surface area is 90.9 Å². The van der Waals surface area contributed by atoms with Crippen LogP contribution in [0.2, 0.25) is 0 Å². The number of benzene rings is 2. The molecule has 3 heteroatoms. The monoisotopic (exact) mass is 216 g/mol. The third-order valence-corrected chi connectivity index (χ3v) is 2.77. The molecule has 0 aliphatic heterocycles. The topological polar surface area (TPSA) is 33.4 Å². The molecule has 0 unspecified atom stereocenters. The van der Waals surface area contributed by atoms with Crippen molar-refractivity contribution in [3.63, 3.8) is 0 Å². The first-order chi connectivity index (χ1) is 7.66. The van der Waals surface area contributed by atoms with Gasteiger partial charge in [0.15, 0.2) is 11.3 Å². The van der Waals surface area contributed by atoms with Gasteiger partial charge in [-0.15, -0.1) is 0 Å². The number of halogens is 1. The van der Waals surface area contributed by atoms with Gasteiger partial charge in [-0.25, -0.2) is 4.39 Å². The largest absolute Gasteiger partial charge is 0.504 e. The van der Waals surface area contributed by atoms with E-state index < -0.39 is 0 Å². The van der Waals surface area contributed by atoms with Crippen LogP contribution in [0.15, 0.2) is 34.7 Å². The molecule has 1 N–H and O–H groups in total. The molecule has 0 fully saturated rings. The van der Waals surface area contributed by atoms with E-state index in [9.17, 15) is 9.50 Å². The minimum absolute atomic E-state index is 0.0807. The predicted molar refractivity (Wildman–Crippen MR) is 60.1 cm³/mol. The fourth-order valence-electron chi connectivity index (χ4n) is 2.00. The van der Waals surface area contributed by atoms with E-state index in [4.69, 9.17) is 4.42 Å². The Morgan fingerprint density at radius 3 is 2.81 bits per heavy atom. The summed E-state index contributed by atoms with van der Waals surface area (Å²) in [5.41, 5.74) is 1.96. The van der Waals surface area contributed by atoms with E-state index in [1.165, 1.54) is 12.1 Å². The van der Waals surface area contributed by atoms with E-state index in [-0.39, 0.29) is 11.6 Å². The lowest BCUT2D eigenvalue weighted by atomic mass is 10.1. The number of rotatable bonds is 0. The summed E-state index contributed by atoms with van der Waals surface area (Å²) in [5.74, 6) is -0.227. The summed E-state index contributed by atoms with van der Waals surface area (Å²) in [5, 5.41) is 11.1. The number of aryl methyl sites for hydroxylation is 1. The number of fused-ring (bicyclic) bond motifs is 3. The Hall–Kier alpha value is -2.03. The lowest BCUT2D eigenvalue weighted by Gasteiger charge is -1.97. The SMILES string of the molecule is Cc1ccc(O)c2oc3ccc(F)cc3c12. The van der Waals surface area contributed by atoms with Crippen LogP contribution in [-0.4, -0.2) is 5.11 Å². The van der Waals surface area contributed by atoms with Crippen molar-refractivity contribution in [1.82, 2.24) is 0 Å². The van der Waals surface area contributed by atoms with Crippen LogP contribution in [0, 0.1) is 12.7 Å². The van der Waals surface area contributed by atoms with Crippen molar-refractivity contribution in [2.75, 3.05) is 0 Å². The van der Waals surface area contributed by atoms with Gasteiger partial charge in [-0.3, -0.25) is 0 Å². The first-order valence-electron chi connectivity index (χ1n) is 4.97. The Kier molecular flexibility index (Phi) is 1.72. The minimum Gasteiger partial charge on any atom is -0.504 e. The Morgan fingerprint density at radius 2 is 2.00 bits per heavy atom. The van der Waals surface area contributed by atoms with E-state index in [0.717, 1.165) is 10.9 Å². The molecule has 3 rings (SSSR count). The molecule has 3 aromatic rings. The van der Waals surface area contributed by atoms with Crippen molar-refractivity contribution in [2.45, 2.75) is 6.92 Å². The third-order valence-electron chi connectivity index (χ3n) is 2.77. The average Bonchev–Trinajstić information content (AvgIpc) is 2.63. The summed E-state index contributed by atoms with van der Waals surface area (Å²) in [4.78, 5) is 0. The smallest absolute Gasteiger partial charge is 0.177 e. The number of hydrogen-bond acceptors (Lipinski definition) is 2. The first-order valence-corrected chi connectivity index (χ1v) is 4.97. The summed E-state index contributed by atoms with van der Waals surface area (Å²) in [6.45, 7) is 1.90. The second-order valence-electron chi connectivity index (χ2n) is 3.85. The molecular formula is C13H9FO2. The maximum absolute atomic E-state index is 13.2. The van der Waals surface area contributed by atoms with Crippen LogP contribution in [0.25, 0.3) is 21.9 Å². The maximum Gasteiger partial charge on any atom is 0.177 e. The zero-order chi connectivity index (χ0) is 11.3. The van der Waals surface area contributed by atoms with E-state index in [1.54, 1.807) is 18.2 Å². The highest BCUT2D eigenvalue weighted by Crippen LogP contribution is 2.36. The second kappa shape index (κ2) is 2.98. The second-order valence-corrected chi connectivity index (χ2v) is 3.85. The normalized spacial score (nSPS) is 11.4. The average molecular weight is 216 g/mol. The van der Waals surface area contributed by atoms with Crippen molar-refractivity contribution in [1.29, 1.82) is 0 Å². The summed E-state index contributed by atoms with van der Waals surface area (Å²) in [7, 11) is 0. The quantitative estimate of drug-likeness (QED) is 0.621. The van der Waals surface area contributed by atoms with Gasteiger partial charge >= 0.3 is 0 Å². The first kappa shape index (κ1) is 9.21. The Balaban J connectivity index is 2.62. The van der Waals surface area contributed by atoms with Crippen LogP contribution in [0.4, 0.5) is 4.39 Å². The van der Waals surface area contributed by atoms with Crippen LogP contribution >= 0.6 is 0 Å². The van der Waals surface area contributed by atoms with Gasteiger partial charge in [0.05, 0.1) is 0 Å². The highest BCUT2D eigenvalue weighted by Gasteiger charge is 2.12. The molecule has 2 aromatic carbocycles. The Bertz CT molecular complexity index is 698. The molecule has 0 amide bonds. The lowest BCUT2D eigenvalue weighted by molar-refractivity contribution is 0.468. The van der Waals surface area contributed by atoms with Gasteiger partial charge in [0.25, 0.3) is 0 Å². The number of aromatic hydroxyl groups is 1. The summed E-state index contributed by atoms with van der Waals surface area (Å²) < 4.78 is 18.7.